The molecule has 2 atom stereocenters. The number of benzene rings is 8. The van der Waals surface area contributed by atoms with Crippen LogP contribution >= 0.6 is 11.3 Å². The van der Waals surface area contributed by atoms with E-state index in [1.54, 1.807) is 91.0 Å². The molecule has 0 saturated carbocycles. The van der Waals surface area contributed by atoms with Crippen LogP contribution in [0.3, 0.4) is 0 Å². The van der Waals surface area contributed by atoms with Crippen molar-refractivity contribution in [3.63, 3.8) is 0 Å². The fraction of sp³-hybridized carbons (Fsp3) is 0.155. The lowest BCUT2D eigenvalue weighted by Crippen LogP contribution is -2.53. The van der Waals surface area contributed by atoms with E-state index in [2.05, 4.69) is 10.6 Å². The quantitative estimate of drug-likeness (QED) is 0.0695. The van der Waals surface area contributed by atoms with Crippen molar-refractivity contribution in [1.29, 1.82) is 0 Å². The van der Waals surface area contributed by atoms with Crippen molar-refractivity contribution in [2.45, 2.75) is 57.2 Å². The van der Waals surface area contributed by atoms with Crippen molar-refractivity contribution in [2.75, 3.05) is 0 Å². The first-order chi connectivity index (χ1) is 35.0. The number of ether oxygens (including phenoxy) is 2. The van der Waals surface area contributed by atoms with Crippen LogP contribution in [0.25, 0.3) is 42.9 Å². The molecule has 15 heteroatoms. The molecule has 8 aromatic carbocycles. The number of halogens is 3. The molecule has 0 saturated heterocycles. The molecule has 4 N–H and O–H groups in total. The number of carbonyl (C=O) groups is 4. The zero-order valence-electron chi connectivity index (χ0n) is 39.3. The predicted octanol–water partition coefficient (Wildman–Crippen LogP) is 12.1. The molecule has 2 unspecified atom stereocenters. The van der Waals surface area contributed by atoms with Crippen LogP contribution in [0.5, 0.6) is 11.5 Å². The van der Waals surface area contributed by atoms with Gasteiger partial charge in [-0.05, 0) is 88.8 Å². The first-order valence-corrected chi connectivity index (χ1v) is 23.9. The van der Waals surface area contributed by atoms with Crippen LogP contribution < -0.4 is 20.1 Å². The van der Waals surface area contributed by atoms with Crippen molar-refractivity contribution in [1.82, 2.24) is 15.6 Å². The van der Waals surface area contributed by atoms with Crippen LogP contribution in [-0.2, 0) is 41.8 Å². The van der Waals surface area contributed by atoms with Gasteiger partial charge in [-0.3, -0.25) is 9.59 Å². The van der Waals surface area contributed by atoms with Crippen LogP contribution in [0.15, 0.2) is 170 Å². The van der Waals surface area contributed by atoms with Crippen molar-refractivity contribution in [3.8, 4) is 22.6 Å². The number of alkyl halides is 3. The highest BCUT2D eigenvalue weighted by Gasteiger charge is 2.38. The smallest absolute Gasteiger partial charge is 0.416 e. The lowest BCUT2D eigenvalue weighted by atomic mass is 9.91. The zero-order valence-corrected chi connectivity index (χ0v) is 40.1. The molecule has 1 aromatic heterocycles. The number of carboxylic acid groups (broad SMARTS) is 2. The summed E-state index contributed by atoms with van der Waals surface area (Å²) in [5.41, 5.74) is 0.0422. The molecule has 0 bridgehead atoms. The maximum Gasteiger partial charge on any atom is 0.416 e. The van der Waals surface area contributed by atoms with Gasteiger partial charge in [-0.2, -0.15) is 13.2 Å². The average Bonchev–Trinajstić information content (AvgIpc) is 3.79. The SMILES string of the molecule is CC(Cc1ccccc1)(NC(=O)c1ccc2ccccc2c1OCc1nc2ccc(-c3cccc4c(OCc5ccc(C(F)(F)F)cc5)c(C(=O)NC(C)(Cc5ccccc5)C(=O)O)ccc34)cc2s1)C(=O)O. The van der Waals surface area contributed by atoms with Crippen LogP contribution in [-0.4, -0.2) is 50.0 Å². The van der Waals surface area contributed by atoms with Gasteiger partial charge in [0.15, 0.2) is 0 Å². The molecule has 0 radical (unpaired) electrons. The normalized spacial score (nSPS) is 13.2. The van der Waals surface area contributed by atoms with Gasteiger partial charge in [0.05, 0.1) is 26.9 Å². The van der Waals surface area contributed by atoms with Crippen molar-refractivity contribution >= 4 is 66.9 Å². The maximum absolute atomic E-state index is 14.3. The summed E-state index contributed by atoms with van der Waals surface area (Å²) in [5, 5.41) is 29.4. The Bertz CT molecular complexity index is 3550. The number of hydrogen-bond donors (Lipinski definition) is 4. The van der Waals surface area contributed by atoms with E-state index in [1.165, 1.54) is 37.3 Å². The van der Waals surface area contributed by atoms with Gasteiger partial charge in [-0.15, -0.1) is 11.3 Å². The molecule has 1 heterocycles. The van der Waals surface area contributed by atoms with Gasteiger partial charge in [0.2, 0.25) is 0 Å². The van der Waals surface area contributed by atoms with Gasteiger partial charge in [0.25, 0.3) is 11.8 Å². The van der Waals surface area contributed by atoms with E-state index in [1.807, 2.05) is 54.6 Å². The van der Waals surface area contributed by atoms with E-state index in [4.69, 9.17) is 14.5 Å². The van der Waals surface area contributed by atoms with Crippen LogP contribution in [0.4, 0.5) is 13.2 Å². The second-order valence-electron chi connectivity index (χ2n) is 18.1. The number of rotatable bonds is 17. The lowest BCUT2D eigenvalue weighted by molar-refractivity contribution is -0.144. The Labute approximate surface area is 420 Å². The fourth-order valence-electron chi connectivity index (χ4n) is 8.77. The third-order valence-corrected chi connectivity index (χ3v) is 13.6. The number of aliphatic carboxylic acids is 2. The number of aromatic nitrogens is 1. The Hall–Kier alpha value is -8.56. The molecule has 2 amide bonds. The van der Waals surface area contributed by atoms with Gasteiger partial charge in [0.1, 0.15) is 40.8 Å². The molecule has 11 nitrogen and oxygen atoms in total. The third kappa shape index (κ3) is 10.7. The molecule has 0 aliphatic carbocycles. The van der Waals surface area contributed by atoms with Crippen LogP contribution in [0, 0.1) is 0 Å². The first-order valence-electron chi connectivity index (χ1n) is 23.1. The standard InChI is InChI=1S/C58H46F3N3O8S/c1-56(54(67)68,31-35-12-5-3-6-13-35)63-52(65)45-26-22-38-16-9-10-17-42(38)50(45)72-34-49-62-47-29-23-39(30-48(47)73-49)41-18-11-19-44-43(41)27-28-46(51(44)71-33-37-20-24-40(25-21-37)58(59,60)61)53(66)64-57(2,55(69)70)32-36-14-7-4-8-15-36/h3-30H,31-34H2,1-2H3,(H,63,65)(H,64,66)(H,67,68)(H,69,70). The molecule has 0 aliphatic rings. The number of carbonyl (C=O) groups excluding carboxylic acids is 2. The van der Waals surface area contributed by atoms with Gasteiger partial charge >= 0.3 is 18.1 Å². The number of amides is 2. The number of thiazole rings is 1. The summed E-state index contributed by atoms with van der Waals surface area (Å²) in [6.45, 7) is 2.66. The minimum absolute atomic E-state index is 0.0196. The highest BCUT2D eigenvalue weighted by atomic mass is 32.1. The van der Waals surface area contributed by atoms with Crippen LogP contribution in [0.2, 0.25) is 0 Å². The lowest BCUT2D eigenvalue weighted by Gasteiger charge is -2.27. The molecule has 0 aliphatic heterocycles. The summed E-state index contributed by atoms with van der Waals surface area (Å²) in [6, 6.07) is 47.7. The minimum atomic E-state index is -4.54. The van der Waals surface area contributed by atoms with E-state index in [0.717, 1.165) is 38.9 Å². The van der Waals surface area contributed by atoms with Crippen molar-refractivity contribution < 1.29 is 52.0 Å². The summed E-state index contributed by atoms with van der Waals surface area (Å²) < 4.78 is 53.9. The molecule has 368 valence electrons. The van der Waals surface area contributed by atoms with Crippen LogP contribution in [0.1, 0.15) is 61.8 Å². The number of carboxylic acids is 2. The third-order valence-electron chi connectivity index (χ3n) is 12.7. The maximum atomic E-state index is 14.3. The monoisotopic (exact) mass is 1000 g/mol. The first kappa shape index (κ1) is 49.4. The Balaban J connectivity index is 1.02. The number of nitrogens with one attached hydrogen (secondary N) is 2. The van der Waals surface area contributed by atoms with Gasteiger partial charge in [0, 0.05) is 23.6 Å². The number of fused-ring (bicyclic) bond motifs is 3. The van der Waals surface area contributed by atoms with E-state index in [9.17, 15) is 42.6 Å². The van der Waals surface area contributed by atoms with Crippen molar-refractivity contribution in [2.24, 2.45) is 0 Å². The van der Waals surface area contributed by atoms with E-state index < -0.39 is 46.6 Å². The summed E-state index contributed by atoms with van der Waals surface area (Å²) in [5.74, 6) is -3.42. The van der Waals surface area contributed by atoms with Crippen molar-refractivity contribution in [3.05, 3.63) is 208 Å². The largest absolute Gasteiger partial charge is 0.487 e. The molecule has 73 heavy (non-hydrogen) atoms. The minimum Gasteiger partial charge on any atom is -0.487 e. The second kappa shape index (κ2) is 20.3. The summed E-state index contributed by atoms with van der Waals surface area (Å²) in [7, 11) is 0. The second-order valence-corrected chi connectivity index (χ2v) is 19.2. The molecule has 9 aromatic rings. The Morgan fingerprint density at radius 2 is 1.11 bits per heavy atom. The zero-order chi connectivity index (χ0) is 51.5. The Morgan fingerprint density at radius 3 is 1.71 bits per heavy atom. The Morgan fingerprint density at radius 1 is 0.562 bits per heavy atom. The van der Waals surface area contributed by atoms with E-state index >= 15 is 0 Å². The number of nitrogens with zero attached hydrogens (tertiary/aromatic N) is 1. The fourth-order valence-corrected chi connectivity index (χ4v) is 9.68. The predicted molar refractivity (Wildman–Crippen MR) is 274 cm³/mol. The van der Waals surface area contributed by atoms with Gasteiger partial charge in [-0.25, -0.2) is 14.6 Å². The molecule has 0 fully saturated rings. The van der Waals surface area contributed by atoms with Gasteiger partial charge < -0.3 is 30.3 Å². The average molecular weight is 1000 g/mol. The highest BCUT2D eigenvalue weighted by Crippen LogP contribution is 2.39. The highest BCUT2D eigenvalue weighted by molar-refractivity contribution is 7.18. The Kier molecular flexibility index (Phi) is 13.7. The van der Waals surface area contributed by atoms with E-state index in [0.29, 0.717) is 37.8 Å². The molecular formula is C58H46F3N3O8S. The topological polar surface area (TPSA) is 164 Å². The van der Waals surface area contributed by atoms with E-state index in [-0.39, 0.29) is 48.7 Å². The molecular weight excluding hydrogens is 956 g/mol. The summed E-state index contributed by atoms with van der Waals surface area (Å²) in [4.78, 5) is 58.5. The summed E-state index contributed by atoms with van der Waals surface area (Å²) in [6.07, 6.45) is -4.51. The van der Waals surface area contributed by atoms with Gasteiger partial charge in [-0.1, -0.05) is 133 Å². The molecule has 0 spiro atoms. The number of hydrogen-bond acceptors (Lipinski definition) is 8. The molecule has 9 rings (SSSR count). The summed E-state index contributed by atoms with van der Waals surface area (Å²) >= 11 is 1.38.